The zero-order chi connectivity index (χ0) is 22.5. The summed E-state index contributed by atoms with van der Waals surface area (Å²) in [6.07, 6.45) is 2.59. The van der Waals surface area contributed by atoms with Crippen molar-refractivity contribution in [3.63, 3.8) is 0 Å². The standard InChI is InChI=1S/C25H29N3O4/c1-17-6-7-21(13-23(17)26-18(2)29)27-25(30)15-28-9-11-31-16-19(14-28)12-20-4-3-5-24-22(20)8-10-32-24/h3-8,10,13,19H,9,11-12,14-16H2,1-2H3,(H,26,29)(H,27,30)/t19-/m0/s1. The predicted octanol–water partition coefficient (Wildman–Crippen LogP) is 3.83. The van der Waals surface area contributed by atoms with Gasteiger partial charge < -0.3 is 19.8 Å². The SMILES string of the molecule is CC(=O)Nc1cc(NC(=O)CN2CCOC[C@@H](Cc3cccc4occc34)C2)ccc1C. The molecule has 2 N–H and O–H groups in total. The number of carbonyl (C=O) groups excluding carboxylic acids is 2. The Morgan fingerprint density at radius 2 is 2.03 bits per heavy atom. The van der Waals surface area contributed by atoms with Crippen molar-refractivity contribution in [3.05, 3.63) is 59.9 Å². The first-order chi connectivity index (χ1) is 15.5. The molecule has 1 saturated heterocycles. The smallest absolute Gasteiger partial charge is 0.238 e. The number of carbonyl (C=O) groups is 2. The summed E-state index contributed by atoms with van der Waals surface area (Å²) in [5.74, 6) is 0.0649. The number of fused-ring (bicyclic) bond motifs is 1. The Kier molecular flexibility index (Phi) is 6.87. The second-order valence-corrected chi connectivity index (χ2v) is 8.39. The lowest BCUT2D eigenvalue weighted by atomic mass is 9.97. The third-order valence-electron chi connectivity index (χ3n) is 5.72. The summed E-state index contributed by atoms with van der Waals surface area (Å²) in [7, 11) is 0. The molecule has 1 atom stereocenters. The normalized spacial score (nSPS) is 17.1. The summed E-state index contributed by atoms with van der Waals surface area (Å²) in [6, 6.07) is 13.6. The molecule has 2 amide bonds. The van der Waals surface area contributed by atoms with Gasteiger partial charge in [-0.1, -0.05) is 18.2 Å². The summed E-state index contributed by atoms with van der Waals surface area (Å²) < 4.78 is 11.4. The molecule has 0 unspecified atom stereocenters. The molecule has 1 aliphatic heterocycles. The van der Waals surface area contributed by atoms with Crippen molar-refractivity contribution in [1.82, 2.24) is 4.90 Å². The molecule has 0 aliphatic carbocycles. The van der Waals surface area contributed by atoms with Gasteiger partial charge in [0.05, 0.1) is 26.0 Å². The van der Waals surface area contributed by atoms with Crippen LogP contribution < -0.4 is 10.6 Å². The fourth-order valence-electron chi connectivity index (χ4n) is 4.19. The lowest BCUT2D eigenvalue weighted by Crippen LogP contribution is -2.37. The highest BCUT2D eigenvalue weighted by molar-refractivity contribution is 5.94. The first-order valence-corrected chi connectivity index (χ1v) is 10.9. The average Bonchev–Trinajstić information content (AvgIpc) is 3.13. The first-order valence-electron chi connectivity index (χ1n) is 10.9. The van der Waals surface area contributed by atoms with E-state index in [2.05, 4.69) is 21.6 Å². The molecule has 3 aromatic rings. The average molecular weight is 436 g/mol. The number of amides is 2. The Balaban J connectivity index is 1.37. The summed E-state index contributed by atoms with van der Waals surface area (Å²) in [5.41, 5.74) is 4.44. The fraction of sp³-hybridized carbons (Fsp3) is 0.360. The molecule has 7 heteroatoms. The van der Waals surface area contributed by atoms with E-state index in [9.17, 15) is 9.59 Å². The predicted molar refractivity (Wildman–Crippen MR) is 125 cm³/mol. The maximum Gasteiger partial charge on any atom is 0.238 e. The van der Waals surface area contributed by atoms with Gasteiger partial charge >= 0.3 is 0 Å². The minimum absolute atomic E-state index is 0.0831. The van der Waals surface area contributed by atoms with E-state index < -0.39 is 0 Å². The van der Waals surface area contributed by atoms with Crippen LogP contribution in [0.5, 0.6) is 0 Å². The van der Waals surface area contributed by atoms with E-state index in [1.807, 2.05) is 37.3 Å². The van der Waals surface area contributed by atoms with Crippen molar-refractivity contribution in [2.45, 2.75) is 20.3 Å². The summed E-state index contributed by atoms with van der Waals surface area (Å²) in [6.45, 7) is 6.45. The molecule has 0 saturated carbocycles. The molecule has 32 heavy (non-hydrogen) atoms. The van der Waals surface area contributed by atoms with E-state index in [4.69, 9.17) is 9.15 Å². The zero-order valence-corrected chi connectivity index (χ0v) is 18.5. The van der Waals surface area contributed by atoms with Crippen LogP contribution in [0.4, 0.5) is 11.4 Å². The van der Waals surface area contributed by atoms with Crippen LogP contribution in [-0.2, 0) is 20.7 Å². The Labute approximate surface area is 187 Å². The lowest BCUT2D eigenvalue weighted by Gasteiger charge is -2.23. The molecule has 2 aromatic carbocycles. The van der Waals surface area contributed by atoms with Crippen molar-refractivity contribution in [2.75, 3.05) is 43.5 Å². The van der Waals surface area contributed by atoms with E-state index in [-0.39, 0.29) is 17.7 Å². The number of hydrogen-bond acceptors (Lipinski definition) is 5. The molecule has 1 fully saturated rings. The van der Waals surface area contributed by atoms with Gasteiger partial charge in [-0.3, -0.25) is 14.5 Å². The molecule has 0 bridgehead atoms. The second kappa shape index (κ2) is 9.97. The van der Waals surface area contributed by atoms with Gasteiger partial charge in [-0.15, -0.1) is 0 Å². The van der Waals surface area contributed by atoms with Crippen LogP contribution in [-0.4, -0.2) is 49.6 Å². The third-order valence-corrected chi connectivity index (χ3v) is 5.72. The summed E-state index contributed by atoms with van der Waals surface area (Å²) >= 11 is 0. The van der Waals surface area contributed by atoms with Gasteiger partial charge in [-0.25, -0.2) is 0 Å². The maximum absolute atomic E-state index is 12.7. The number of anilines is 2. The van der Waals surface area contributed by atoms with Gasteiger partial charge in [0.25, 0.3) is 0 Å². The molecule has 7 nitrogen and oxygen atoms in total. The molecule has 1 aliphatic rings. The quantitative estimate of drug-likeness (QED) is 0.615. The van der Waals surface area contributed by atoms with Gasteiger partial charge in [-0.2, -0.15) is 0 Å². The molecule has 4 rings (SSSR count). The minimum atomic E-state index is -0.140. The van der Waals surface area contributed by atoms with Crippen LogP contribution in [0.1, 0.15) is 18.1 Å². The van der Waals surface area contributed by atoms with Gasteiger partial charge in [0, 0.05) is 36.8 Å². The van der Waals surface area contributed by atoms with E-state index in [0.29, 0.717) is 37.7 Å². The van der Waals surface area contributed by atoms with Crippen LogP contribution in [0.25, 0.3) is 11.0 Å². The monoisotopic (exact) mass is 435 g/mol. The van der Waals surface area contributed by atoms with Crippen LogP contribution in [0.15, 0.2) is 53.1 Å². The number of nitrogens with one attached hydrogen (secondary N) is 2. The van der Waals surface area contributed by atoms with E-state index >= 15 is 0 Å². The number of ether oxygens (including phenoxy) is 1. The number of rotatable bonds is 6. The Hall–Kier alpha value is -3.16. The molecular formula is C25H29N3O4. The van der Waals surface area contributed by atoms with Crippen LogP contribution in [0, 0.1) is 12.8 Å². The van der Waals surface area contributed by atoms with Crippen LogP contribution >= 0.6 is 0 Å². The third kappa shape index (κ3) is 5.55. The molecule has 168 valence electrons. The molecule has 2 heterocycles. The minimum Gasteiger partial charge on any atom is -0.464 e. The van der Waals surface area contributed by atoms with Crippen molar-refractivity contribution >= 4 is 34.2 Å². The second-order valence-electron chi connectivity index (χ2n) is 8.39. The summed E-state index contributed by atoms with van der Waals surface area (Å²) in [4.78, 5) is 26.3. The topological polar surface area (TPSA) is 83.8 Å². The van der Waals surface area contributed by atoms with E-state index in [1.54, 1.807) is 12.3 Å². The van der Waals surface area contributed by atoms with E-state index in [1.165, 1.54) is 12.5 Å². The number of nitrogens with zero attached hydrogens (tertiary/aromatic N) is 1. The van der Waals surface area contributed by atoms with Gasteiger partial charge in [0.2, 0.25) is 11.8 Å². The number of hydrogen-bond donors (Lipinski definition) is 2. The van der Waals surface area contributed by atoms with Gasteiger partial charge in [0.15, 0.2) is 0 Å². The molecule has 1 aromatic heterocycles. The van der Waals surface area contributed by atoms with Crippen molar-refractivity contribution in [3.8, 4) is 0 Å². The highest BCUT2D eigenvalue weighted by Gasteiger charge is 2.22. The maximum atomic E-state index is 12.7. The highest BCUT2D eigenvalue weighted by Crippen LogP contribution is 2.24. The fourth-order valence-corrected chi connectivity index (χ4v) is 4.19. The Morgan fingerprint density at radius 3 is 2.88 bits per heavy atom. The molecule has 0 radical (unpaired) electrons. The molecular weight excluding hydrogens is 406 g/mol. The number of aryl methyl sites for hydroxylation is 1. The Morgan fingerprint density at radius 1 is 1.16 bits per heavy atom. The zero-order valence-electron chi connectivity index (χ0n) is 18.5. The molecule has 0 spiro atoms. The summed E-state index contributed by atoms with van der Waals surface area (Å²) in [5, 5.41) is 6.88. The lowest BCUT2D eigenvalue weighted by molar-refractivity contribution is -0.117. The first kappa shape index (κ1) is 22.0. The highest BCUT2D eigenvalue weighted by atomic mass is 16.5. The number of benzene rings is 2. The Bertz CT molecular complexity index is 1110. The van der Waals surface area contributed by atoms with E-state index in [0.717, 1.165) is 29.5 Å². The largest absolute Gasteiger partial charge is 0.464 e. The van der Waals surface area contributed by atoms with Gasteiger partial charge in [0.1, 0.15) is 5.58 Å². The van der Waals surface area contributed by atoms with Crippen LogP contribution in [0.3, 0.4) is 0 Å². The van der Waals surface area contributed by atoms with Gasteiger partial charge in [-0.05, 0) is 54.7 Å². The number of furan rings is 1. The van der Waals surface area contributed by atoms with Crippen molar-refractivity contribution in [1.29, 1.82) is 0 Å². The van der Waals surface area contributed by atoms with Crippen molar-refractivity contribution in [2.24, 2.45) is 5.92 Å². The van der Waals surface area contributed by atoms with Crippen molar-refractivity contribution < 1.29 is 18.7 Å². The van der Waals surface area contributed by atoms with Crippen LogP contribution in [0.2, 0.25) is 0 Å².